The van der Waals surface area contributed by atoms with Crippen molar-refractivity contribution in [2.24, 2.45) is 15.9 Å². The van der Waals surface area contributed by atoms with Gasteiger partial charge in [-0.2, -0.15) is 17.0 Å². The molecule has 29 heavy (non-hydrogen) atoms. The Morgan fingerprint density at radius 3 is 3.07 bits per heavy atom. The first-order valence-corrected chi connectivity index (χ1v) is 10.7. The summed E-state index contributed by atoms with van der Waals surface area (Å²) >= 11 is 1.79. The van der Waals surface area contributed by atoms with Crippen molar-refractivity contribution >= 4 is 23.6 Å². The minimum Gasteiger partial charge on any atom is -0.475 e. The second kappa shape index (κ2) is 9.61. The van der Waals surface area contributed by atoms with E-state index in [1.165, 1.54) is 5.56 Å². The summed E-state index contributed by atoms with van der Waals surface area (Å²) in [6.45, 7) is 7.37. The lowest BCUT2D eigenvalue weighted by molar-refractivity contribution is 0.277. The third-order valence-corrected chi connectivity index (χ3v) is 5.43. The summed E-state index contributed by atoms with van der Waals surface area (Å²) in [4.78, 5) is 15.2. The number of nitrogens with one attached hydrogen (secondary N) is 1. The first-order chi connectivity index (χ1) is 14.0. The van der Waals surface area contributed by atoms with Gasteiger partial charge >= 0.3 is 0 Å². The fourth-order valence-electron chi connectivity index (χ4n) is 2.88. The molecule has 2 aliphatic heterocycles. The number of hydrogen-bond acceptors (Lipinski definition) is 6. The Labute approximate surface area is 176 Å². The standard InChI is InChI=1S/C21H26N6OS/c1-16-6-9-27(12-18(16)19-26-21(2,3)14-28-19)20(25-15-22)24-8-10-29-13-17-5-4-7-23-11-17/h4-7,9,11-12,16H,8,10,13-14H2,1-3H3,(H,24,25). The molecule has 8 heteroatoms. The maximum absolute atomic E-state index is 9.14. The normalized spacial score (nSPS) is 20.6. The van der Waals surface area contributed by atoms with Crippen molar-refractivity contribution in [3.63, 3.8) is 0 Å². The van der Waals surface area contributed by atoms with Gasteiger partial charge in [0.2, 0.25) is 11.9 Å². The van der Waals surface area contributed by atoms with Gasteiger partial charge in [-0.1, -0.05) is 19.1 Å². The Morgan fingerprint density at radius 1 is 1.52 bits per heavy atom. The molecule has 0 amide bonds. The van der Waals surface area contributed by atoms with E-state index < -0.39 is 0 Å². The summed E-state index contributed by atoms with van der Waals surface area (Å²) in [5, 5.41) is 11.8. The van der Waals surface area contributed by atoms with E-state index in [1.807, 2.05) is 35.8 Å². The minimum absolute atomic E-state index is 0.178. The van der Waals surface area contributed by atoms with Gasteiger partial charge in [-0.25, -0.2) is 4.99 Å². The second-order valence-electron chi connectivity index (χ2n) is 7.50. The van der Waals surface area contributed by atoms with Gasteiger partial charge < -0.3 is 4.74 Å². The average Bonchev–Trinajstić information content (AvgIpc) is 3.08. The molecule has 0 saturated carbocycles. The Hall–Kier alpha value is -2.79. The first-order valence-electron chi connectivity index (χ1n) is 9.56. The van der Waals surface area contributed by atoms with Crippen LogP contribution in [-0.2, 0) is 10.5 Å². The molecule has 2 aliphatic rings. The molecule has 0 aromatic carbocycles. The van der Waals surface area contributed by atoms with Crippen molar-refractivity contribution < 1.29 is 4.74 Å². The third-order valence-electron chi connectivity index (χ3n) is 4.42. The molecule has 3 heterocycles. The predicted octanol–water partition coefficient (Wildman–Crippen LogP) is 3.30. The lowest BCUT2D eigenvalue weighted by Gasteiger charge is -2.25. The summed E-state index contributed by atoms with van der Waals surface area (Å²) in [5.41, 5.74) is 1.96. The van der Waals surface area contributed by atoms with E-state index >= 15 is 0 Å². The number of thioether (sulfide) groups is 1. The van der Waals surface area contributed by atoms with Gasteiger partial charge in [0.15, 0.2) is 6.19 Å². The molecule has 152 valence electrons. The van der Waals surface area contributed by atoms with Crippen LogP contribution in [0.4, 0.5) is 0 Å². The molecular formula is C21H26N6OS. The molecule has 0 aliphatic carbocycles. The molecular weight excluding hydrogens is 384 g/mol. The number of ether oxygens (including phenoxy) is 1. The fourth-order valence-corrected chi connectivity index (χ4v) is 3.65. The minimum atomic E-state index is -0.213. The highest BCUT2D eigenvalue weighted by atomic mass is 32.2. The maximum Gasteiger partial charge on any atom is 0.215 e. The quantitative estimate of drug-likeness (QED) is 0.255. The second-order valence-corrected chi connectivity index (χ2v) is 8.60. The molecule has 7 nitrogen and oxygen atoms in total. The molecule has 0 bridgehead atoms. The Bertz CT molecular complexity index is 869. The number of aliphatic imine (C=N–C) groups is 2. The number of pyridine rings is 1. The number of aromatic nitrogens is 1. The lowest BCUT2D eigenvalue weighted by Crippen LogP contribution is -2.35. The molecule has 1 N–H and O–H groups in total. The van der Waals surface area contributed by atoms with Crippen LogP contribution in [0.3, 0.4) is 0 Å². The monoisotopic (exact) mass is 410 g/mol. The topological polar surface area (TPSA) is 85.9 Å². The van der Waals surface area contributed by atoms with Gasteiger partial charge in [-0.15, -0.1) is 0 Å². The molecule has 1 aromatic rings. The molecule has 0 saturated heterocycles. The molecule has 1 atom stereocenters. The van der Waals surface area contributed by atoms with Crippen molar-refractivity contribution in [3.8, 4) is 6.19 Å². The number of rotatable bonds is 6. The van der Waals surface area contributed by atoms with Crippen LogP contribution in [0.15, 0.2) is 58.6 Å². The van der Waals surface area contributed by atoms with E-state index in [2.05, 4.69) is 53.2 Å². The van der Waals surface area contributed by atoms with Crippen molar-refractivity contribution in [3.05, 3.63) is 54.1 Å². The van der Waals surface area contributed by atoms with E-state index in [-0.39, 0.29) is 11.5 Å². The van der Waals surface area contributed by atoms with E-state index in [9.17, 15) is 0 Å². The third kappa shape index (κ3) is 5.84. The van der Waals surface area contributed by atoms with Crippen LogP contribution in [0.5, 0.6) is 0 Å². The molecule has 1 unspecified atom stereocenters. The van der Waals surface area contributed by atoms with Crippen LogP contribution in [0.1, 0.15) is 26.3 Å². The zero-order valence-corrected chi connectivity index (χ0v) is 17.8. The van der Waals surface area contributed by atoms with Gasteiger partial charge in [-0.3, -0.25) is 20.2 Å². The van der Waals surface area contributed by atoms with Crippen LogP contribution in [-0.4, -0.2) is 46.2 Å². The van der Waals surface area contributed by atoms with E-state index in [4.69, 9.17) is 10.00 Å². The van der Waals surface area contributed by atoms with Crippen molar-refractivity contribution in [2.75, 3.05) is 18.9 Å². The summed E-state index contributed by atoms with van der Waals surface area (Å²) in [6.07, 6.45) is 11.5. The molecule has 3 rings (SSSR count). The molecule has 0 radical (unpaired) electrons. The summed E-state index contributed by atoms with van der Waals surface area (Å²) in [6, 6.07) is 4.00. The number of allylic oxidation sites excluding steroid dienone is 1. The van der Waals surface area contributed by atoms with Gasteiger partial charge in [-0.05, 0) is 25.5 Å². The van der Waals surface area contributed by atoms with Crippen LogP contribution < -0.4 is 5.32 Å². The van der Waals surface area contributed by atoms with Gasteiger partial charge in [0, 0.05) is 47.8 Å². The van der Waals surface area contributed by atoms with E-state index in [0.29, 0.717) is 25.0 Å². The Kier molecular flexibility index (Phi) is 6.94. The highest BCUT2D eigenvalue weighted by molar-refractivity contribution is 7.98. The highest BCUT2D eigenvalue weighted by Crippen LogP contribution is 2.27. The zero-order valence-electron chi connectivity index (χ0n) is 17.0. The predicted molar refractivity (Wildman–Crippen MR) is 117 cm³/mol. The Balaban J connectivity index is 1.63. The average molecular weight is 411 g/mol. The largest absolute Gasteiger partial charge is 0.475 e. The Morgan fingerprint density at radius 2 is 2.38 bits per heavy atom. The van der Waals surface area contributed by atoms with Crippen molar-refractivity contribution in [1.29, 1.82) is 5.26 Å². The first kappa shape index (κ1) is 20.9. The van der Waals surface area contributed by atoms with Crippen LogP contribution in [0.2, 0.25) is 0 Å². The zero-order chi connectivity index (χ0) is 20.7. The van der Waals surface area contributed by atoms with Crippen molar-refractivity contribution in [2.45, 2.75) is 32.1 Å². The van der Waals surface area contributed by atoms with Crippen LogP contribution in [0.25, 0.3) is 0 Å². The van der Waals surface area contributed by atoms with Gasteiger partial charge in [0.1, 0.15) is 6.61 Å². The van der Waals surface area contributed by atoms with E-state index in [0.717, 1.165) is 17.1 Å². The van der Waals surface area contributed by atoms with E-state index in [1.54, 1.807) is 18.0 Å². The fraction of sp³-hybridized carbons (Fsp3) is 0.429. The molecule has 0 fully saturated rings. The number of hydrogen-bond donors (Lipinski definition) is 1. The lowest BCUT2D eigenvalue weighted by atomic mass is 9.99. The highest BCUT2D eigenvalue weighted by Gasteiger charge is 2.31. The smallest absolute Gasteiger partial charge is 0.215 e. The summed E-state index contributed by atoms with van der Waals surface area (Å²) in [5.74, 6) is 3.08. The SMILES string of the molecule is CC1C=CN(C(=NCCSCc2cccnc2)NC#N)C=C1C1=NC(C)(C)CO1. The number of guanidine groups is 1. The maximum atomic E-state index is 9.14. The van der Waals surface area contributed by atoms with Crippen LogP contribution in [0, 0.1) is 17.4 Å². The number of nitriles is 1. The van der Waals surface area contributed by atoms with Crippen LogP contribution >= 0.6 is 11.8 Å². The summed E-state index contributed by atoms with van der Waals surface area (Å²) in [7, 11) is 0. The summed E-state index contributed by atoms with van der Waals surface area (Å²) < 4.78 is 5.81. The molecule has 0 spiro atoms. The van der Waals surface area contributed by atoms with Gasteiger partial charge in [0.05, 0.1) is 12.1 Å². The van der Waals surface area contributed by atoms with Crippen molar-refractivity contribution in [1.82, 2.24) is 15.2 Å². The molecule has 1 aromatic heterocycles. The van der Waals surface area contributed by atoms with Gasteiger partial charge in [0.25, 0.3) is 0 Å². The number of nitrogens with zero attached hydrogens (tertiary/aromatic N) is 5.